The zero-order valence-electron chi connectivity index (χ0n) is 14.4. The minimum Gasteiger partial charge on any atom is -0.377 e. The van der Waals surface area contributed by atoms with Gasteiger partial charge in [-0.3, -0.25) is 4.79 Å². The molecule has 2 aliphatic heterocycles. The second-order valence-corrected chi connectivity index (χ2v) is 6.70. The molecular formula is C18H21N5O3. The van der Waals surface area contributed by atoms with Gasteiger partial charge in [0.05, 0.1) is 19.3 Å². The first-order chi connectivity index (χ1) is 12.8. The van der Waals surface area contributed by atoms with Crippen molar-refractivity contribution in [1.82, 2.24) is 15.0 Å². The third kappa shape index (κ3) is 3.32. The molecule has 0 unspecified atom stereocenters. The number of nitrogens with zero attached hydrogens (tertiary/aromatic N) is 3. The smallest absolute Gasteiger partial charge is 0.258 e. The van der Waals surface area contributed by atoms with Gasteiger partial charge in [-0.2, -0.15) is 4.98 Å². The zero-order valence-corrected chi connectivity index (χ0v) is 14.4. The van der Waals surface area contributed by atoms with Crippen molar-refractivity contribution < 1.29 is 14.1 Å². The Hall–Kier alpha value is -2.74. The van der Waals surface area contributed by atoms with Crippen molar-refractivity contribution in [1.29, 1.82) is 5.41 Å². The first-order valence-electron chi connectivity index (χ1n) is 8.79. The Morgan fingerprint density at radius 3 is 2.73 bits per heavy atom. The summed E-state index contributed by atoms with van der Waals surface area (Å²) in [5, 5.41) is 15.1. The molecule has 0 radical (unpaired) electrons. The van der Waals surface area contributed by atoms with Crippen molar-refractivity contribution in [2.45, 2.75) is 24.8 Å². The maximum Gasteiger partial charge on any atom is 0.258 e. The molecule has 8 heteroatoms. The van der Waals surface area contributed by atoms with Crippen LogP contribution in [-0.2, 0) is 9.53 Å². The first kappa shape index (κ1) is 16.7. The van der Waals surface area contributed by atoms with Crippen molar-refractivity contribution in [3.8, 4) is 11.5 Å². The number of aromatic nitrogens is 2. The predicted molar refractivity (Wildman–Crippen MR) is 95.5 cm³/mol. The molecule has 0 atom stereocenters. The summed E-state index contributed by atoms with van der Waals surface area (Å²) < 4.78 is 10.7. The average Bonchev–Trinajstić information content (AvgIpc) is 3.15. The van der Waals surface area contributed by atoms with Crippen LogP contribution in [0.5, 0.6) is 0 Å². The summed E-state index contributed by atoms with van der Waals surface area (Å²) in [7, 11) is 0. The van der Waals surface area contributed by atoms with E-state index in [-0.39, 0.29) is 12.0 Å². The van der Waals surface area contributed by atoms with E-state index < -0.39 is 0 Å². The molecule has 8 nitrogen and oxygen atoms in total. The standard InChI is InChI=1S/C18H21N5O3/c19-8-14-2-1-13(7-16(14)20-15-9-25-10-15)18-21-17(22-26-18)12-3-5-23(11-24)6-4-12/h1-2,7-8,11-12,15,19-20H,3-6,9-10H2. The second kappa shape index (κ2) is 7.25. The Bertz CT molecular complexity index is 794. The Morgan fingerprint density at radius 2 is 2.08 bits per heavy atom. The fourth-order valence-corrected chi connectivity index (χ4v) is 3.26. The maximum atomic E-state index is 10.8. The van der Waals surface area contributed by atoms with E-state index in [0.29, 0.717) is 24.9 Å². The van der Waals surface area contributed by atoms with Crippen molar-refractivity contribution in [3.05, 3.63) is 29.6 Å². The lowest BCUT2D eigenvalue weighted by Gasteiger charge is -2.28. The lowest BCUT2D eigenvalue weighted by Crippen LogP contribution is -2.40. The summed E-state index contributed by atoms with van der Waals surface area (Å²) in [5.41, 5.74) is 2.49. The molecule has 0 aliphatic carbocycles. The summed E-state index contributed by atoms with van der Waals surface area (Å²) in [6.45, 7) is 2.80. The highest BCUT2D eigenvalue weighted by atomic mass is 16.5. The molecule has 26 heavy (non-hydrogen) atoms. The number of benzene rings is 1. The molecule has 2 fully saturated rings. The molecule has 2 aromatic rings. The number of likely N-dealkylation sites (tertiary alicyclic amines) is 1. The summed E-state index contributed by atoms with van der Waals surface area (Å²) in [4.78, 5) is 17.2. The van der Waals surface area contributed by atoms with Gasteiger partial charge in [-0.1, -0.05) is 11.2 Å². The number of rotatable bonds is 6. The fraction of sp³-hybridized carbons (Fsp3) is 0.444. The maximum absolute atomic E-state index is 10.8. The van der Waals surface area contributed by atoms with Crippen LogP contribution >= 0.6 is 0 Å². The van der Waals surface area contributed by atoms with E-state index in [4.69, 9.17) is 14.7 Å². The highest BCUT2D eigenvalue weighted by Gasteiger charge is 2.25. The fourth-order valence-electron chi connectivity index (χ4n) is 3.26. The second-order valence-electron chi connectivity index (χ2n) is 6.70. The number of anilines is 1. The number of nitrogens with one attached hydrogen (secondary N) is 2. The molecule has 3 heterocycles. The Morgan fingerprint density at radius 1 is 1.27 bits per heavy atom. The Labute approximate surface area is 151 Å². The quantitative estimate of drug-likeness (QED) is 0.606. The van der Waals surface area contributed by atoms with Crippen LogP contribution in [0.2, 0.25) is 0 Å². The van der Waals surface area contributed by atoms with Crippen molar-refractivity contribution in [2.24, 2.45) is 0 Å². The van der Waals surface area contributed by atoms with Gasteiger partial charge in [-0.05, 0) is 25.0 Å². The molecule has 136 valence electrons. The highest BCUT2D eigenvalue weighted by Crippen LogP contribution is 2.29. The van der Waals surface area contributed by atoms with Gasteiger partial charge in [0.2, 0.25) is 6.41 Å². The van der Waals surface area contributed by atoms with Crippen LogP contribution in [0.15, 0.2) is 22.7 Å². The third-order valence-electron chi connectivity index (χ3n) is 4.94. The van der Waals surface area contributed by atoms with E-state index in [1.807, 2.05) is 18.2 Å². The van der Waals surface area contributed by atoms with Crippen molar-refractivity contribution >= 4 is 18.3 Å². The summed E-state index contributed by atoms with van der Waals surface area (Å²) in [6, 6.07) is 5.96. The first-order valence-corrected chi connectivity index (χ1v) is 8.79. The van der Waals surface area contributed by atoms with E-state index in [9.17, 15) is 4.79 Å². The van der Waals surface area contributed by atoms with Gasteiger partial charge >= 0.3 is 0 Å². The van der Waals surface area contributed by atoms with Crippen LogP contribution in [0.3, 0.4) is 0 Å². The van der Waals surface area contributed by atoms with Gasteiger partial charge in [0.1, 0.15) is 0 Å². The predicted octanol–water partition coefficient (Wildman–Crippen LogP) is 1.88. The number of hydrogen-bond acceptors (Lipinski definition) is 7. The molecule has 2 saturated heterocycles. The molecule has 1 aromatic heterocycles. The minimum absolute atomic E-state index is 0.217. The van der Waals surface area contributed by atoms with Gasteiger partial charge in [0, 0.05) is 42.0 Å². The van der Waals surface area contributed by atoms with Crippen molar-refractivity contribution in [3.63, 3.8) is 0 Å². The lowest BCUT2D eigenvalue weighted by atomic mass is 9.96. The van der Waals surface area contributed by atoms with Crippen LogP contribution in [0.25, 0.3) is 11.5 Å². The average molecular weight is 355 g/mol. The van der Waals surface area contributed by atoms with Gasteiger partial charge in [0.25, 0.3) is 5.89 Å². The van der Waals surface area contributed by atoms with Crippen LogP contribution in [0.4, 0.5) is 5.69 Å². The molecule has 4 rings (SSSR count). The van der Waals surface area contributed by atoms with Crippen LogP contribution in [-0.4, -0.2) is 60.0 Å². The highest BCUT2D eigenvalue weighted by molar-refractivity contribution is 5.87. The minimum atomic E-state index is 0.217. The number of piperidine rings is 1. The van der Waals surface area contributed by atoms with Gasteiger partial charge in [-0.25, -0.2) is 0 Å². The molecule has 1 amide bonds. The summed E-state index contributed by atoms with van der Waals surface area (Å²) in [6.07, 6.45) is 3.91. The molecule has 0 spiro atoms. The largest absolute Gasteiger partial charge is 0.377 e. The number of amides is 1. The number of hydrogen-bond donors (Lipinski definition) is 2. The summed E-state index contributed by atoms with van der Waals surface area (Å²) >= 11 is 0. The topological polar surface area (TPSA) is 104 Å². The normalized spacial score (nSPS) is 18.4. The van der Waals surface area contributed by atoms with E-state index in [2.05, 4.69) is 15.5 Å². The van der Waals surface area contributed by atoms with Gasteiger partial charge < -0.3 is 24.9 Å². The third-order valence-corrected chi connectivity index (χ3v) is 4.94. The van der Waals surface area contributed by atoms with E-state index in [0.717, 1.165) is 49.2 Å². The number of carbonyl (C=O) groups excluding carboxylic acids is 1. The molecular weight excluding hydrogens is 334 g/mol. The van der Waals surface area contributed by atoms with Crippen LogP contribution in [0, 0.1) is 5.41 Å². The van der Waals surface area contributed by atoms with E-state index >= 15 is 0 Å². The van der Waals surface area contributed by atoms with Crippen LogP contribution in [0.1, 0.15) is 30.1 Å². The van der Waals surface area contributed by atoms with Gasteiger partial charge in [-0.15, -0.1) is 0 Å². The number of ether oxygens (including phenoxy) is 1. The van der Waals surface area contributed by atoms with Gasteiger partial charge in [0.15, 0.2) is 5.82 Å². The molecule has 2 N–H and O–H groups in total. The zero-order chi connectivity index (χ0) is 17.9. The van der Waals surface area contributed by atoms with E-state index in [1.54, 1.807) is 4.90 Å². The molecule has 1 aromatic carbocycles. The Balaban J connectivity index is 1.52. The monoisotopic (exact) mass is 355 g/mol. The Kier molecular flexibility index (Phi) is 4.66. The molecule has 0 bridgehead atoms. The molecule has 0 saturated carbocycles. The SMILES string of the molecule is N=Cc1ccc(-c2nc(C3CCN(C=O)CC3)no2)cc1NC1COC1. The molecule has 2 aliphatic rings. The van der Waals surface area contributed by atoms with Crippen LogP contribution < -0.4 is 5.32 Å². The number of carbonyl (C=O) groups is 1. The van der Waals surface area contributed by atoms with E-state index in [1.165, 1.54) is 6.21 Å². The summed E-state index contributed by atoms with van der Waals surface area (Å²) in [5.74, 6) is 1.39. The lowest BCUT2D eigenvalue weighted by molar-refractivity contribution is -0.119. The van der Waals surface area contributed by atoms with Crippen molar-refractivity contribution in [2.75, 3.05) is 31.6 Å².